The molecule has 0 spiro atoms. The lowest BCUT2D eigenvalue weighted by Gasteiger charge is -2.22. The topological polar surface area (TPSA) is 52.3 Å². The number of rotatable bonds is 4. The third-order valence-corrected chi connectivity index (χ3v) is 2.40. The van der Waals surface area contributed by atoms with E-state index in [2.05, 4.69) is 0 Å². The summed E-state index contributed by atoms with van der Waals surface area (Å²) in [7, 11) is 0. The van der Waals surface area contributed by atoms with E-state index in [1.165, 1.54) is 12.1 Å². The molecule has 0 aliphatic heterocycles. The van der Waals surface area contributed by atoms with Crippen molar-refractivity contribution in [3.63, 3.8) is 0 Å². The van der Waals surface area contributed by atoms with E-state index in [4.69, 9.17) is 10.5 Å². The summed E-state index contributed by atoms with van der Waals surface area (Å²) in [6.07, 6.45) is -2.23. The summed E-state index contributed by atoms with van der Waals surface area (Å²) in [4.78, 5) is 11.7. The first-order chi connectivity index (χ1) is 8.69. The third kappa shape index (κ3) is 5.34. The Morgan fingerprint density at radius 1 is 1.26 bits per heavy atom. The molecule has 3 nitrogen and oxygen atoms in total. The summed E-state index contributed by atoms with van der Waals surface area (Å²) in [5.74, 6) is -0.495. The molecule has 0 bridgehead atoms. The molecule has 0 fully saturated rings. The molecule has 1 atom stereocenters. The maximum atomic E-state index is 12.4. The first-order valence-corrected chi connectivity index (χ1v) is 6.04. The Hall–Kier alpha value is -1.49. The first kappa shape index (κ1) is 15.6. The quantitative estimate of drug-likeness (QED) is 0.857. The first-order valence-electron chi connectivity index (χ1n) is 6.04. The lowest BCUT2D eigenvalue weighted by atomic mass is 10.0. The highest BCUT2D eigenvalue weighted by atomic mass is 19.3. The second-order valence-corrected chi connectivity index (χ2v) is 5.39. The van der Waals surface area contributed by atoms with E-state index >= 15 is 0 Å². The monoisotopic (exact) mass is 271 g/mol. The molecule has 1 aromatic rings. The van der Waals surface area contributed by atoms with Crippen LogP contribution in [0.25, 0.3) is 0 Å². The minimum atomic E-state index is -2.49. The second-order valence-electron chi connectivity index (χ2n) is 5.39. The van der Waals surface area contributed by atoms with Crippen molar-refractivity contribution in [2.24, 2.45) is 5.73 Å². The second kappa shape index (κ2) is 6.10. The molecule has 0 saturated heterocycles. The van der Waals surface area contributed by atoms with Crippen molar-refractivity contribution in [1.29, 1.82) is 0 Å². The van der Waals surface area contributed by atoms with Gasteiger partial charge in [0, 0.05) is 5.56 Å². The number of esters is 1. The minimum absolute atomic E-state index is 0.0467. The average Bonchev–Trinajstić information content (AvgIpc) is 2.27. The average molecular weight is 271 g/mol. The van der Waals surface area contributed by atoms with Crippen molar-refractivity contribution in [3.8, 4) is 0 Å². The maximum absolute atomic E-state index is 12.4. The summed E-state index contributed by atoms with van der Waals surface area (Å²) >= 11 is 0. The molecule has 5 heteroatoms. The molecule has 1 rings (SSSR count). The molecule has 1 aromatic carbocycles. The Kier molecular flexibility index (Phi) is 5.00. The van der Waals surface area contributed by atoms with Gasteiger partial charge < -0.3 is 10.5 Å². The molecule has 1 unspecified atom stereocenters. The highest BCUT2D eigenvalue weighted by Crippen LogP contribution is 2.19. The van der Waals surface area contributed by atoms with Gasteiger partial charge in [-0.3, -0.25) is 4.79 Å². The fraction of sp³-hybridized carbons (Fsp3) is 0.500. The van der Waals surface area contributed by atoms with E-state index in [0.29, 0.717) is 0 Å². The van der Waals surface area contributed by atoms with Gasteiger partial charge >= 0.3 is 5.97 Å². The number of ether oxygens (including phenoxy) is 1. The highest BCUT2D eigenvalue weighted by molar-refractivity contribution is 5.76. The Morgan fingerprint density at radius 3 is 2.21 bits per heavy atom. The third-order valence-electron chi connectivity index (χ3n) is 2.40. The predicted octanol–water partition coefficient (Wildman–Crippen LogP) is 2.84. The van der Waals surface area contributed by atoms with Crippen LogP contribution >= 0.6 is 0 Å². The van der Waals surface area contributed by atoms with E-state index in [0.717, 1.165) is 5.56 Å². The summed E-state index contributed by atoms with van der Waals surface area (Å²) in [5.41, 5.74) is 5.82. The Balaban J connectivity index is 2.61. The number of carbonyl (C=O) groups is 1. The van der Waals surface area contributed by atoms with Gasteiger partial charge in [0.15, 0.2) is 0 Å². The van der Waals surface area contributed by atoms with Crippen LogP contribution in [0.1, 0.15) is 38.3 Å². The van der Waals surface area contributed by atoms with Crippen LogP contribution in [0.3, 0.4) is 0 Å². The Bertz CT molecular complexity index is 424. The van der Waals surface area contributed by atoms with Gasteiger partial charge in [0.2, 0.25) is 0 Å². The Morgan fingerprint density at radius 2 is 1.79 bits per heavy atom. The molecule has 0 aromatic heterocycles. The number of alkyl halides is 2. The zero-order valence-electron chi connectivity index (χ0n) is 11.3. The normalized spacial score (nSPS) is 13.4. The van der Waals surface area contributed by atoms with Crippen LogP contribution in [0, 0.1) is 0 Å². The molecule has 0 heterocycles. The standard InChI is InChI=1S/C14H19F2NO2/c1-14(2,3)19-13(18)11(17)8-9-4-6-10(7-5-9)12(15)16/h4-7,11-12H,8,17H2,1-3H3. The van der Waals surface area contributed by atoms with Gasteiger partial charge in [-0.05, 0) is 32.8 Å². The van der Waals surface area contributed by atoms with Crippen LogP contribution in [0.5, 0.6) is 0 Å². The van der Waals surface area contributed by atoms with Crippen molar-refractivity contribution in [2.75, 3.05) is 0 Å². The predicted molar refractivity (Wildman–Crippen MR) is 68.9 cm³/mol. The fourth-order valence-electron chi connectivity index (χ4n) is 1.51. The van der Waals surface area contributed by atoms with Gasteiger partial charge in [-0.15, -0.1) is 0 Å². The molecular weight excluding hydrogens is 252 g/mol. The zero-order chi connectivity index (χ0) is 14.6. The summed E-state index contributed by atoms with van der Waals surface area (Å²) in [6, 6.07) is 4.97. The number of hydrogen-bond acceptors (Lipinski definition) is 3. The SMILES string of the molecule is CC(C)(C)OC(=O)C(N)Cc1ccc(C(F)F)cc1. The van der Waals surface area contributed by atoms with Crippen molar-refractivity contribution in [2.45, 2.75) is 45.3 Å². The molecule has 19 heavy (non-hydrogen) atoms. The molecule has 0 saturated carbocycles. The zero-order valence-corrected chi connectivity index (χ0v) is 11.3. The summed E-state index contributed by atoms with van der Waals surface area (Å²) in [5, 5.41) is 0. The molecule has 106 valence electrons. The van der Waals surface area contributed by atoms with Gasteiger partial charge in [0.25, 0.3) is 6.43 Å². The van der Waals surface area contributed by atoms with Gasteiger partial charge in [0.1, 0.15) is 11.6 Å². The number of halogens is 2. The highest BCUT2D eigenvalue weighted by Gasteiger charge is 2.22. The largest absolute Gasteiger partial charge is 0.459 e. The lowest BCUT2D eigenvalue weighted by molar-refractivity contribution is -0.156. The van der Waals surface area contributed by atoms with Crippen LogP contribution in [0.2, 0.25) is 0 Å². The van der Waals surface area contributed by atoms with Gasteiger partial charge in [-0.25, -0.2) is 8.78 Å². The summed E-state index contributed by atoms with van der Waals surface area (Å²) in [6.45, 7) is 5.28. The molecular formula is C14H19F2NO2. The van der Waals surface area contributed by atoms with Crippen LogP contribution in [0.4, 0.5) is 8.78 Å². The van der Waals surface area contributed by atoms with Crippen molar-refractivity contribution >= 4 is 5.97 Å². The lowest BCUT2D eigenvalue weighted by Crippen LogP contribution is -2.38. The van der Waals surface area contributed by atoms with Crippen molar-refractivity contribution in [1.82, 2.24) is 0 Å². The number of hydrogen-bond donors (Lipinski definition) is 1. The van der Waals surface area contributed by atoms with Crippen molar-refractivity contribution < 1.29 is 18.3 Å². The fourth-order valence-corrected chi connectivity index (χ4v) is 1.51. The smallest absolute Gasteiger partial charge is 0.323 e. The maximum Gasteiger partial charge on any atom is 0.323 e. The van der Waals surface area contributed by atoms with E-state index in [9.17, 15) is 13.6 Å². The van der Waals surface area contributed by atoms with Crippen LogP contribution in [0.15, 0.2) is 24.3 Å². The van der Waals surface area contributed by atoms with E-state index in [-0.39, 0.29) is 12.0 Å². The van der Waals surface area contributed by atoms with E-state index in [1.807, 2.05) is 0 Å². The summed E-state index contributed by atoms with van der Waals surface area (Å²) < 4.78 is 29.9. The molecule has 0 radical (unpaired) electrons. The van der Waals surface area contributed by atoms with Crippen molar-refractivity contribution in [3.05, 3.63) is 35.4 Å². The van der Waals surface area contributed by atoms with E-state index < -0.39 is 24.0 Å². The molecule has 2 N–H and O–H groups in total. The number of nitrogens with two attached hydrogens (primary N) is 1. The van der Waals surface area contributed by atoms with Gasteiger partial charge in [-0.2, -0.15) is 0 Å². The van der Waals surface area contributed by atoms with E-state index in [1.54, 1.807) is 32.9 Å². The number of benzene rings is 1. The van der Waals surface area contributed by atoms with Gasteiger partial charge in [-0.1, -0.05) is 24.3 Å². The molecule has 0 aliphatic carbocycles. The molecule has 0 amide bonds. The van der Waals surface area contributed by atoms with Crippen LogP contribution in [-0.2, 0) is 16.0 Å². The molecule has 0 aliphatic rings. The Labute approximate surface area is 111 Å². The number of carbonyl (C=O) groups excluding carboxylic acids is 1. The van der Waals surface area contributed by atoms with Gasteiger partial charge in [0.05, 0.1) is 0 Å². The minimum Gasteiger partial charge on any atom is -0.459 e. The van der Waals surface area contributed by atoms with Crippen LogP contribution in [-0.4, -0.2) is 17.6 Å². The van der Waals surface area contributed by atoms with Crippen LogP contribution < -0.4 is 5.73 Å².